The molecule has 0 fully saturated rings. The number of hydrogen-bond donors (Lipinski definition) is 2. The molecule has 1 heterocycles. The molecule has 0 amide bonds. The van der Waals surface area contributed by atoms with E-state index >= 15 is 0 Å². The summed E-state index contributed by atoms with van der Waals surface area (Å²) in [5.41, 5.74) is 0.0800. The van der Waals surface area contributed by atoms with Crippen molar-refractivity contribution in [3.8, 4) is 17.5 Å². The molecule has 0 atom stereocenters. The van der Waals surface area contributed by atoms with Gasteiger partial charge in [0.2, 0.25) is 11.8 Å². The Bertz CT molecular complexity index is 944. The van der Waals surface area contributed by atoms with Gasteiger partial charge in [-0.05, 0) is 43.3 Å². The van der Waals surface area contributed by atoms with Gasteiger partial charge in [0.25, 0.3) is 10.0 Å². The standard InChI is InChI=1S/C19H24F3N3O5S.ClH/c1-3-10-23-11-12-29-17-9-8-16(18(24-17)28-2)25-31(26,27)15-6-4-14(5-7-15)30-13-19(20,21)22;/h4-9,23,25H,3,10-13H2,1-2H3;1H. The molecule has 1 aromatic carbocycles. The zero-order valence-corrected chi connectivity index (χ0v) is 19.1. The second-order valence-electron chi connectivity index (χ2n) is 6.29. The minimum Gasteiger partial charge on any atom is -0.484 e. The largest absolute Gasteiger partial charge is 0.484 e. The van der Waals surface area contributed by atoms with Crippen LogP contribution in [0.25, 0.3) is 0 Å². The van der Waals surface area contributed by atoms with E-state index in [1.807, 2.05) is 0 Å². The average Bonchev–Trinajstić information content (AvgIpc) is 2.72. The van der Waals surface area contributed by atoms with Crippen molar-refractivity contribution in [2.75, 3.05) is 38.1 Å². The summed E-state index contributed by atoms with van der Waals surface area (Å²) >= 11 is 0. The second kappa shape index (κ2) is 12.6. The summed E-state index contributed by atoms with van der Waals surface area (Å²) < 4.78 is 79.4. The lowest BCUT2D eigenvalue weighted by molar-refractivity contribution is -0.153. The van der Waals surface area contributed by atoms with Gasteiger partial charge in [0.1, 0.15) is 18.0 Å². The van der Waals surface area contributed by atoms with Crippen molar-refractivity contribution in [2.24, 2.45) is 0 Å². The van der Waals surface area contributed by atoms with Gasteiger partial charge in [-0.1, -0.05) is 6.92 Å². The monoisotopic (exact) mass is 499 g/mol. The van der Waals surface area contributed by atoms with Gasteiger partial charge in [-0.25, -0.2) is 8.42 Å². The van der Waals surface area contributed by atoms with Gasteiger partial charge in [0, 0.05) is 12.6 Å². The molecule has 0 saturated carbocycles. The summed E-state index contributed by atoms with van der Waals surface area (Å²) in [5, 5.41) is 3.17. The zero-order chi connectivity index (χ0) is 22.9. The highest BCUT2D eigenvalue weighted by atomic mass is 35.5. The number of benzene rings is 1. The molecule has 180 valence electrons. The number of anilines is 1. The molecule has 13 heteroatoms. The Kier molecular flexibility index (Phi) is 10.8. The van der Waals surface area contributed by atoms with Gasteiger partial charge in [0.05, 0.1) is 12.0 Å². The lowest BCUT2D eigenvalue weighted by Crippen LogP contribution is -2.21. The quantitative estimate of drug-likeness (QED) is 0.430. The van der Waals surface area contributed by atoms with Crippen LogP contribution in [0, 0.1) is 0 Å². The normalized spacial score (nSPS) is 11.4. The fraction of sp³-hybridized carbons (Fsp3) is 0.421. The minimum atomic E-state index is -4.49. The predicted molar refractivity (Wildman–Crippen MR) is 115 cm³/mol. The van der Waals surface area contributed by atoms with Gasteiger partial charge in [-0.3, -0.25) is 4.72 Å². The predicted octanol–water partition coefficient (Wildman–Crippen LogP) is 3.63. The molecule has 0 bridgehead atoms. The fourth-order valence-corrected chi connectivity index (χ4v) is 3.41. The van der Waals surface area contributed by atoms with E-state index in [0.29, 0.717) is 13.2 Å². The SMILES string of the molecule is CCCNCCOc1ccc(NS(=O)(=O)c2ccc(OCC(F)(F)F)cc2)c(OC)n1.Cl. The number of ether oxygens (including phenoxy) is 3. The van der Waals surface area contributed by atoms with Crippen molar-refractivity contribution < 1.29 is 35.8 Å². The Labute approximate surface area is 190 Å². The highest BCUT2D eigenvalue weighted by Gasteiger charge is 2.28. The van der Waals surface area contributed by atoms with Crippen LogP contribution in [0.2, 0.25) is 0 Å². The van der Waals surface area contributed by atoms with Crippen molar-refractivity contribution >= 4 is 28.1 Å². The van der Waals surface area contributed by atoms with E-state index in [2.05, 4.69) is 26.7 Å². The van der Waals surface area contributed by atoms with Crippen molar-refractivity contribution in [3.63, 3.8) is 0 Å². The van der Waals surface area contributed by atoms with Crippen LogP contribution in [-0.4, -0.2) is 53.0 Å². The maximum atomic E-state index is 12.6. The number of halogens is 4. The van der Waals surface area contributed by atoms with Gasteiger partial charge < -0.3 is 19.5 Å². The van der Waals surface area contributed by atoms with E-state index in [1.165, 1.54) is 19.2 Å². The molecule has 8 nitrogen and oxygen atoms in total. The molecule has 32 heavy (non-hydrogen) atoms. The number of sulfonamides is 1. The number of nitrogens with one attached hydrogen (secondary N) is 2. The summed E-state index contributed by atoms with van der Waals surface area (Å²) in [5.74, 6) is 0.169. The van der Waals surface area contributed by atoms with Crippen LogP contribution in [0.3, 0.4) is 0 Å². The third-order valence-corrected chi connectivity index (χ3v) is 5.15. The maximum Gasteiger partial charge on any atom is 0.422 e. The third-order valence-electron chi connectivity index (χ3n) is 3.76. The summed E-state index contributed by atoms with van der Waals surface area (Å²) in [6.45, 7) is 2.47. The summed E-state index contributed by atoms with van der Waals surface area (Å²) in [7, 11) is -2.71. The fourth-order valence-electron chi connectivity index (χ4n) is 2.35. The van der Waals surface area contributed by atoms with Gasteiger partial charge >= 0.3 is 6.18 Å². The highest BCUT2D eigenvalue weighted by molar-refractivity contribution is 7.92. The number of methoxy groups -OCH3 is 1. The molecule has 0 spiro atoms. The van der Waals surface area contributed by atoms with Crippen LogP contribution < -0.4 is 24.2 Å². The first kappa shape index (κ1) is 27.6. The molecule has 0 radical (unpaired) electrons. The van der Waals surface area contributed by atoms with E-state index in [9.17, 15) is 21.6 Å². The van der Waals surface area contributed by atoms with Crippen molar-refractivity contribution in [1.82, 2.24) is 10.3 Å². The zero-order valence-electron chi connectivity index (χ0n) is 17.4. The lowest BCUT2D eigenvalue weighted by atomic mass is 10.3. The highest BCUT2D eigenvalue weighted by Crippen LogP contribution is 2.28. The first-order chi connectivity index (χ1) is 14.6. The third kappa shape index (κ3) is 8.97. The Morgan fingerprint density at radius 2 is 1.72 bits per heavy atom. The van der Waals surface area contributed by atoms with E-state index in [-0.39, 0.29) is 40.5 Å². The van der Waals surface area contributed by atoms with E-state index in [0.717, 1.165) is 37.2 Å². The minimum absolute atomic E-state index is 0. The van der Waals surface area contributed by atoms with Crippen LogP contribution in [0.4, 0.5) is 18.9 Å². The van der Waals surface area contributed by atoms with Gasteiger partial charge in [-0.2, -0.15) is 18.2 Å². The number of pyridine rings is 1. The van der Waals surface area contributed by atoms with Crippen LogP contribution >= 0.6 is 12.4 Å². The number of aromatic nitrogens is 1. The summed E-state index contributed by atoms with van der Waals surface area (Å²) in [6.07, 6.45) is -3.48. The molecule has 2 N–H and O–H groups in total. The van der Waals surface area contributed by atoms with Crippen LogP contribution in [0.15, 0.2) is 41.3 Å². The van der Waals surface area contributed by atoms with E-state index in [4.69, 9.17) is 9.47 Å². The maximum absolute atomic E-state index is 12.6. The van der Waals surface area contributed by atoms with E-state index < -0.39 is 22.8 Å². The molecule has 2 aromatic rings. The average molecular weight is 500 g/mol. The Morgan fingerprint density at radius 3 is 2.31 bits per heavy atom. The van der Waals surface area contributed by atoms with Crippen LogP contribution in [0.1, 0.15) is 13.3 Å². The van der Waals surface area contributed by atoms with Gasteiger partial charge in [0.15, 0.2) is 6.61 Å². The molecule has 0 aliphatic heterocycles. The van der Waals surface area contributed by atoms with Gasteiger partial charge in [-0.15, -0.1) is 12.4 Å². The molecular weight excluding hydrogens is 475 g/mol. The number of rotatable bonds is 12. The molecule has 0 unspecified atom stereocenters. The van der Waals surface area contributed by atoms with Crippen molar-refractivity contribution in [1.29, 1.82) is 0 Å². The lowest BCUT2D eigenvalue weighted by Gasteiger charge is -2.13. The number of hydrogen-bond acceptors (Lipinski definition) is 7. The topological polar surface area (TPSA) is 98.8 Å². The van der Waals surface area contributed by atoms with Crippen molar-refractivity contribution in [3.05, 3.63) is 36.4 Å². The van der Waals surface area contributed by atoms with Crippen molar-refractivity contribution in [2.45, 2.75) is 24.4 Å². The molecule has 2 rings (SSSR count). The Balaban J connectivity index is 0.00000512. The van der Waals surface area contributed by atoms with Crippen LogP contribution in [-0.2, 0) is 10.0 Å². The Hall–Kier alpha value is -2.44. The van der Waals surface area contributed by atoms with Crippen LogP contribution in [0.5, 0.6) is 17.5 Å². The Morgan fingerprint density at radius 1 is 1.03 bits per heavy atom. The molecule has 0 saturated heterocycles. The smallest absolute Gasteiger partial charge is 0.422 e. The molecular formula is C19H25ClF3N3O5S. The number of nitrogens with zero attached hydrogens (tertiary/aromatic N) is 1. The first-order valence-corrected chi connectivity index (χ1v) is 10.8. The van der Waals surface area contributed by atoms with E-state index in [1.54, 1.807) is 0 Å². The summed E-state index contributed by atoms with van der Waals surface area (Å²) in [6, 6.07) is 7.48. The molecule has 1 aromatic heterocycles. The summed E-state index contributed by atoms with van der Waals surface area (Å²) in [4.78, 5) is 3.95. The molecule has 0 aliphatic rings. The number of alkyl halides is 3. The first-order valence-electron chi connectivity index (χ1n) is 9.35. The molecule has 0 aliphatic carbocycles. The second-order valence-corrected chi connectivity index (χ2v) is 7.97.